The zero-order chi connectivity index (χ0) is 12.7. The maximum absolute atomic E-state index is 9.11. The fraction of sp³-hybridized carbons (Fsp3) is 0.727. The number of thioether (sulfide) groups is 1. The van der Waals surface area contributed by atoms with E-state index in [2.05, 4.69) is 27.7 Å². The molecule has 1 unspecified atom stereocenters. The highest BCUT2D eigenvalue weighted by atomic mass is 32.2. The average molecular weight is 270 g/mol. The minimum Gasteiger partial charge on any atom is -0.300 e. The average Bonchev–Trinajstić information content (AvgIpc) is 2.77. The van der Waals surface area contributed by atoms with Crippen LogP contribution in [0.3, 0.4) is 0 Å². The molecule has 1 aromatic rings. The first-order valence-corrected chi connectivity index (χ1v) is 7.51. The molecule has 0 aromatic carbocycles. The van der Waals surface area contributed by atoms with Gasteiger partial charge in [0.1, 0.15) is 11.4 Å². The third kappa shape index (κ3) is 4.62. The van der Waals surface area contributed by atoms with Gasteiger partial charge in [-0.25, -0.2) is 4.98 Å². The monoisotopic (exact) mass is 270 g/mol. The third-order valence-corrected chi connectivity index (χ3v) is 4.28. The van der Waals surface area contributed by atoms with E-state index < -0.39 is 5.54 Å². The summed E-state index contributed by atoms with van der Waals surface area (Å²) in [6.07, 6.45) is 1.69. The van der Waals surface area contributed by atoms with Gasteiger partial charge in [0.25, 0.3) is 0 Å². The van der Waals surface area contributed by atoms with Gasteiger partial charge in [0, 0.05) is 12.2 Å². The smallest absolute Gasteiger partial charge is 0.170 e. The number of nitrogens with zero attached hydrogens (tertiary/aromatic N) is 3. The molecule has 0 saturated heterocycles. The lowest BCUT2D eigenvalue weighted by atomic mass is 10.0. The Morgan fingerprint density at radius 3 is 2.82 bits per heavy atom. The molecule has 0 radical (unpaired) electrons. The summed E-state index contributed by atoms with van der Waals surface area (Å²) in [4.78, 5) is 4.39. The minimum absolute atomic E-state index is 0.431. The van der Waals surface area contributed by atoms with Crippen LogP contribution in [0.4, 0.5) is 0 Å². The topological polar surface area (TPSA) is 61.6 Å². The molecular weight excluding hydrogens is 252 g/mol. The van der Waals surface area contributed by atoms with Crippen molar-refractivity contribution in [3.63, 3.8) is 0 Å². The van der Waals surface area contributed by atoms with Crippen molar-refractivity contribution in [2.45, 2.75) is 43.5 Å². The Bertz CT molecular complexity index is 385. The van der Waals surface area contributed by atoms with Crippen LogP contribution < -0.4 is 5.32 Å². The summed E-state index contributed by atoms with van der Waals surface area (Å²) in [5.41, 5.74) is -0.431. The fourth-order valence-corrected chi connectivity index (χ4v) is 3.28. The molecule has 1 rings (SSSR count). The first kappa shape index (κ1) is 14.4. The number of hydrogen-bond donors (Lipinski definition) is 1. The standard InChI is InChI=1S/C11H18N4S2/c1-4-9-14-10(17-15-9)16-7-6-11(3,8-12)13-5-2/h13H,4-7H2,1-3H3. The summed E-state index contributed by atoms with van der Waals surface area (Å²) in [6, 6.07) is 2.32. The second-order valence-corrected chi connectivity index (χ2v) is 6.00. The van der Waals surface area contributed by atoms with E-state index >= 15 is 0 Å². The van der Waals surface area contributed by atoms with Crippen molar-refractivity contribution >= 4 is 23.3 Å². The Hall–Kier alpha value is -0.640. The van der Waals surface area contributed by atoms with E-state index in [0.717, 1.165) is 35.3 Å². The van der Waals surface area contributed by atoms with E-state index in [1.54, 1.807) is 11.8 Å². The lowest BCUT2D eigenvalue weighted by molar-refractivity contribution is 0.450. The van der Waals surface area contributed by atoms with Gasteiger partial charge in [0.2, 0.25) is 0 Å². The zero-order valence-electron chi connectivity index (χ0n) is 10.5. The molecule has 0 spiro atoms. The number of nitrogens with one attached hydrogen (secondary N) is 1. The first-order valence-electron chi connectivity index (χ1n) is 5.75. The van der Waals surface area contributed by atoms with Crippen LogP contribution >= 0.6 is 23.3 Å². The molecule has 1 aromatic heterocycles. The second kappa shape index (κ2) is 6.94. The summed E-state index contributed by atoms with van der Waals surface area (Å²) >= 11 is 3.12. The maximum atomic E-state index is 9.11. The summed E-state index contributed by atoms with van der Waals surface area (Å²) in [7, 11) is 0. The largest absolute Gasteiger partial charge is 0.300 e. The van der Waals surface area contributed by atoms with Crippen molar-refractivity contribution in [1.82, 2.24) is 14.7 Å². The van der Waals surface area contributed by atoms with Crippen molar-refractivity contribution in [3.8, 4) is 6.07 Å². The first-order chi connectivity index (χ1) is 8.13. The van der Waals surface area contributed by atoms with E-state index in [0.29, 0.717) is 0 Å². The molecule has 94 valence electrons. The fourth-order valence-electron chi connectivity index (χ4n) is 1.36. The normalized spacial score (nSPS) is 14.2. The number of aryl methyl sites for hydroxylation is 1. The highest BCUT2D eigenvalue weighted by Crippen LogP contribution is 2.23. The lowest BCUT2D eigenvalue weighted by Crippen LogP contribution is -2.41. The lowest BCUT2D eigenvalue weighted by Gasteiger charge is -2.21. The van der Waals surface area contributed by atoms with E-state index in [1.165, 1.54) is 11.5 Å². The molecule has 1 atom stereocenters. The van der Waals surface area contributed by atoms with Crippen molar-refractivity contribution < 1.29 is 0 Å². The molecule has 6 heteroatoms. The Morgan fingerprint density at radius 1 is 1.53 bits per heavy atom. The van der Waals surface area contributed by atoms with Crippen molar-refractivity contribution in [1.29, 1.82) is 5.26 Å². The summed E-state index contributed by atoms with van der Waals surface area (Å²) in [5, 5.41) is 12.3. The van der Waals surface area contributed by atoms with Crippen LogP contribution in [-0.2, 0) is 6.42 Å². The van der Waals surface area contributed by atoms with Gasteiger partial charge in [0.05, 0.1) is 6.07 Å². The van der Waals surface area contributed by atoms with Gasteiger partial charge in [-0.2, -0.15) is 9.64 Å². The van der Waals surface area contributed by atoms with E-state index in [-0.39, 0.29) is 0 Å². The van der Waals surface area contributed by atoms with Crippen LogP contribution in [0.2, 0.25) is 0 Å². The van der Waals surface area contributed by atoms with Gasteiger partial charge in [0.15, 0.2) is 4.34 Å². The molecule has 17 heavy (non-hydrogen) atoms. The van der Waals surface area contributed by atoms with Gasteiger partial charge in [-0.3, -0.25) is 5.32 Å². The number of rotatable bonds is 7. The van der Waals surface area contributed by atoms with Gasteiger partial charge >= 0.3 is 0 Å². The highest BCUT2D eigenvalue weighted by Gasteiger charge is 2.21. The molecular formula is C11H18N4S2. The Morgan fingerprint density at radius 2 is 2.29 bits per heavy atom. The highest BCUT2D eigenvalue weighted by molar-refractivity contribution is 8.00. The van der Waals surface area contributed by atoms with Crippen LogP contribution in [0.5, 0.6) is 0 Å². The molecule has 1 N–H and O–H groups in total. The molecule has 0 fully saturated rings. The molecule has 0 aliphatic rings. The molecule has 0 aliphatic carbocycles. The van der Waals surface area contributed by atoms with E-state index in [9.17, 15) is 0 Å². The predicted molar refractivity (Wildman–Crippen MR) is 72.3 cm³/mol. The Kier molecular flexibility index (Phi) is 5.89. The van der Waals surface area contributed by atoms with Crippen LogP contribution in [0, 0.1) is 11.3 Å². The molecule has 0 aliphatic heterocycles. The van der Waals surface area contributed by atoms with Crippen LogP contribution in [0.1, 0.15) is 33.0 Å². The van der Waals surface area contributed by atoms with E-state index in [1.807, 2.05) is 13.8 Å². The van der Waals surface area contributed by atoms with Crippen LogP contribution in [0.25, 0.3) is 0 Å². The predicted octanol–water partition coefficient (Wildman–Crippen LogP) is 2.47. The van der Waals surface area contributed by atoms with Gasteiger partial charge in [-0.1, -0.05) is 25.6 Å². The SMILES string of the molecule is CCNC(C)(C#N)CCSc1nc(CC)ns1. The number of nitriles is 1. The summed E-state index contributed by atoms with van der Waals surface area (Å²) < 4.78 is 5.23. The zero-order valence-corrected chi connectivity index (χ0v) is 12.1. The van der Waals surface area contributed by atoms with Gasteiger partial charge < -0.3 is 0 Å². The number of aromatic nitrogens is 2. The van der Waals surface area contributed by atoms with Crippen molar-refractivity contribution in [2.24, 2.45) is 0 Å². The van der Waals surface area contributed by atoms with Crippen LogP contribution in [-0.4, -0.2) is 27.2 Å². The van der Waals surface area contributed by atoms with Crippen molar-refractivity contribution in [3.05, 3.63) is 5.82 Å². The Balaban J connectivity index is 2.39. The summed E-state index contributed by atoms with van der Waals surface area (Å²) in [6.45, 7) is 6.82. The molecule has 0 amide bonds. The second-order valence-electron chi connectivity index (χ2n) is 3.90. The number of hydrogen-bond acceptors (Lipinski definition) is 6. The summed E-state index contributed by atoms with van der Waals surface area (Å²) in [5.74, 6) is 1.79. The molecule has 0 bridgehead atoms. The van der Waals surface area contributed by atoms with Gasteiger partial charge in [-0.05, 0) is 31.4 Å². The van der Waals surface area contributed by atoms with Gasteiger partial charge in [-0.15, -0.1) is 0 Å². The molecule has 1 heterocycles. The Labute approximate surface area is 111 Å². The van der Waals surface area contributed by atoms with E-state index in [4.69, 9.17) is 5.26 Å². The maximum Gasteiger partial charge on any atom is 0.170 e. The third-order valence-electron chi connectivity index (χ3n) is 2.41. The molecule has 0 saturated carbocycles. The minimum atomic E-state index is -0.431. The molecule has 4 nitrogen and oxygen atoms in total. The van der Waals surface area contributed by atoms with Crippen LogP contribution in [0.15, 0.2) is 4.34 Å². The quantitative estimate of drug-likeness (QED) is 0.771. The van der Waals surface area contributed by atoms with Crippen molar-refractivity contribution in [2.75, 3.05) is 12.3 Å².